The normalized spacial score (nSPS) is 14.6. The number of carbonyl (C=O) groups excluding carboxylic acids is 1. The summed E-state index contributed by atoms with van der Waals surface area (Å²) in [5.74, 6) is 0.560. The number of hydrogen-bond acceptors (Lipinski definition) is 4. The number of phenolic OH excluding ortho intramolecular Hbond substituents is 1. The Balaban J connectivity index is 1.77. The first-order chi connectivity index (χ1) is 13.7. The zero-order valence-electron chi connectivity index (χ0n) is 16.2. The van der Waals surface area contributed by atoms with Gasteiger partial charge < -0.3 is 19.7 Å². The van der Waals surface area contributed by atoms with Crippen molar-refractivity contribution in [2.24, 2.45) is 0 Å². The van der Waals surface area contributed by atoms with Crippen LogP contribution in [0, 0.1) is 0 Å². The van der Waals surface area contributed by atoms with Gasteiger partial charge in [0.1, 0.15) is 17.1 Å². The topological polar surface area (TPSA) is 65.7 Å². The van der Waals surface area contributed by atoms with Crippen molar-refractivity contribution in [1.82, 2.24) is 10.2 Å². The number of likely N-dealkylation sites (tertiary alicyclic amines) is 1. The van der Waals surface area contributed by atoms with Gasteiger partial charge >= 0.3 is 0 Å². The molecular weight excluding hydrogens is 352 g/mol. The molecule has 146 valence electrons. The number of carbonyl (C=O) groups is 1. The highest BCUT2D eigenvalue weighted by Crippen LogP contribution is 2.39. The molecule has 0 saturated carbocycles. The number of aryl methyl sites for hydroxylation is 1. The van der Waals surface area contributed by atoms with Crippen molar-refractivity contribution < 1.29 is 14.3 Å². The molecule has 28 heavy (non-hydrogen) atoms. The molecule has 4 rings (SSSR count). The summed E-state index contributed by atoms with van der Waals surface area (Å²) in [6, 6.07) is 13.0. The highest BCUT2D eigenvalue weighted by atomic mass is 16.3. The van der Waals surface area contributed by atoms with Crippen LogP contribution in [0.4, 0.5) is 0 Å². The molecule has 1 aromatic heterocycles. The minimum absolute atomic E-state index is 0.205. The molecule has 0 unspecified atom stereocenters. The van der Waals surface area contributed by atoms with Crippen molar-refractivity contribution in [2.45, 2.75) is 25.7 Å². The lowest BCUT2D eigenvalue weighted by Crippen LogP contribution is -2.21. The average molecular weight is 378 g/mol. The highest BCUT2D eigenvalue weighted by Gasteiger charge is 2.25. The van der Waals surface area contributed by atoms with Crippen molar-refractivity contribution >= 4 is 16.9 Å². The molecule has 1 aliphatic rings. The van der Waals surface area contributed by atoms with Crippen molar-refractivity contribution in [3.05, 3.63) is 53.6 Å². The Hall–Kier alpha value is -2.79. The third-order valence-electron chi connectivity index (χ3n) is 5.53. The van der Waals surface area contributed by atoms with E-state index in [0.717, 1.165) is 42.6 Å². The average Bonchev–Trinajstić information content (AvgIpc) is 3.37. The number of rotatable bonds is 6. The van der Waals surface area contributed by atoms with Gasteiger partial charge in [-0.1, -0.05) is 30.3 Å². The van der Waals surface area contributed by atoms with Gasteiger partial charge in [0.15, 0.2) is 0 Å². The summed E-state index contributed by atoms with van der Waals surface area (Å²) in [6.07, 6.45) is 4.18. The van der Waals surface area contributed by atoms with Crippen molar-refractivity contribution in [1.29, 1.82) is 0 Å². The van der Waals surface area contributed by atoms with E-state index in [-0.39, 0.29) is 11.7 Å². The summed E-state index contributed by atoms with van der Waals surface area (Å²) in [7, 11) is 1.62. The Labute approximate surface area is 165 Å². The zero-order chi connectivity index (χ0) is 19.5. The van der Waals surface area contributed by atoms with Crippen LogP contribution in [0.15, 0.2) is 46.9 Å². The lowest BCUT2D eigenvalue weighted by Gasteiger charge is -2.15. The van der Waals surface area contributed by atoms with Crippen molar-refractivity contribution in [2.75, 3.05) is 26.7 Å². The van der Waals surface area contributed by atoms with Crippen LogP contribution in [-0.4, -0.2) is 42.6 Å². The minimum Gasteiger partial charge on any atom is -0.508 e. The maximum atomic E-state index is 12.8. The molecule has 1 amide bonds. The Morgan fingerprint density at radius 2 is 1.89 bits per heavy atom. The first-order valence-electron chi connectivity index (χ1n) is 9.96. The molecule has 0 atom stereocenters. The first kappa shape index (κ1) is 18.6. The van der Waals surface area contributed by atoms with Crippen LogP contribution in [0.1, 0.15) is 35.2 Å². The number of aromatic hydroxyl groups is 1. The van der Waals surface area contributed by atoms with Crippen molar-refractivity contribution in [3.8, 4) is 17.1 Å². The van der Waals surface area contributed by atoms with Crippen LogP contribution in [0.25, 0.3) is 22.3 Å². The second kappa shape index (κ2) is 8.07. The molecule has 5 heteroatoms. The van der Waals surface area contributed by atoms with E-state index in [1.54, 1.807) is 19.2 Å². The molecular formula is C23H26N2O3. The molecule has 3 aromatic rings. The number of nitrogens with zero attached hydrogens (tertiary/aromatic N) is 1. The van der Waals surface area contributed by atoms with Gasteiger partial charge in [-0.05, 0) is 57.5 Å². The van der Waals surface area contributed by atoms with E-state index in [1.807, 2.05) is 30.3 Å². The molecule has 1 fully saturated rings. The molecule has 2 aromatic carbocycles. The van der Waals surface area contributed by atoms with E-state index in [0.29, 0.717) is 23.3 Å². The molecule has 0 spiro atoms. The van der Waals surface area contributed by atoms with Gasteiger partial charge in [-0.15, -0.1) is 0 Å². The number of nitrogens with one attached hydrogen (secondary N) is 1. The number of amides is 1. The summed E-state index contributed by atoms with van der Waals surface area (Å²) in [4.78, 5) is 15.2. The number of hydrogen-bond donors (Lipinski definition) is 2. The van der Waals surface area contributed by atoms with Crippen LogP contribution in [-0.2, 0) is 6.42 Å². The van der Waals surface area contributed by atoms with Gasteiger partial charge in [0.25, 0.3) is 5.91 Å². The van der Waals surface area contributed by atoms with Crippen LogP contribution >= 0.6 is 0 Å². The summed E-state index contributed by atoms with van der Waals surface area (Å²) < 4.78 is 6.10. The Morgan fingerprint density at radius 3 is 2.61 bits per heavy atom. The molecule has 5 nitrogen and oxygen atoms in total. The second-order valence-electron chi connectivity index (χ2n) is 7.34. The largest absolute Gasteiger partial charge is 0.508 e. The maximum absolute atomic E-state index is 12.8. The van der Waals surface area contributed by atoms with E-state index >= 15 is 0 Å². The molecule has 0 radical (unpaired) electrons. The van der Waals surface area contributed by atoms with Gasteiger partial charge in [-0.3, -0.25) is 4.79 Å². The van der Waals surface area contributed by atoms with Gasteiger partial charge in [0, 0.05) is 23.6 Å². The second-order valence-corrected chi connectivity index (χ2v) is 7.34. The zero-order valence-corrected chi connectivity index (χ0v) is 16.2. The quantitative estimate of drug-likeness (QED) is 0.675. The van der Waals surface area contributed by atoms with E-state index in [2.05, 4.69) is 10.2 Å². The number of benzene rings is 2. The summed E-state index contributed by atoms with van der Waals surface area (Å²) >= 11 is 0. The standard InChI is InChI=1S/C23H26N2O3/c1-24-23(27)21-20-17(10-7-15-25-13-5-6-14-25)18(26)11-12-19(20)28-22(21)16-8-3-2-4-9-16/h2-4,8-9,11-12,26H,5-7,10,13-15H2,1H3,(H,24,27). The van der Waals surface area contributed by atoms with Crippen LogP contribution < -0.4 is 5.32 Å². The predicted molar refractivity (Wildman–Crippen MR) is 111 cm³/mol. The molecule has 2 N–H and O–H groups in total. The minimum atomic E-state index is -0.205. The molecule has 1 saturated heterocycles. The van der Waals surface area contributed by atoms with Crippen LogP contribution in [0.3, 0.4) is 0 Å². The number of phenols is 1. The summed E-state index contributed by atoms with van der Waals surface area (Å²) in [6.45, 7) is 3.32. The van der Waals surface area contributed by atoms with Gasteiger partial charge in [-0.2, -0.15) is 0 Å². The number of furan rings is 1. The summed E-state index contributed by atoms with van der Waals surface area (Å²) in [5, 5.41) is 14.0. The number of fused-ring (bicyclic) bond motifs is 1. The fraction of sp³-hybridized carbons (Fsp3) is 0.348. The monoisotopic (exact) mass is 378 g/mol. The van der Waals surface area contributed by atoms with Crippen LogP contribution in [0.2, 0.25) is 0 Å². The fourth-order valence-corrected chi connectivity index (χ4v) is 4.12. The highest BCUT2D eigenvalue weighted by molar-refractivity contribution is 6.12. The molecule has 0 aliphatic carbocycles. The van der Waals surface area contributed by atoms with Crippen LogP contribution in [0.5, 0.6) is 5.75 Å². The SMILES string of the molecule is CNC(=O)c1c(-c2ccccc2)oc2ccc(O)c(CCCN3CCCC3)c12. The predicted octanol–water partition coefficient (Wildman–Crippen LogP) is 4.19. The fourth-order valence-electron chi connectivity index (χ4n) is 4.12. The van der Waals surface area contributed by atoms with Gasteiger partial charge in [0.2, 0.25) is 0 Å². The molecule has 0 bridgehead atoms. The van der Waals surface area contributed by atoms with Gasteiger partial charge in [-0.25, -0.2) is 0 Å². The Morgan fingerprint density at radius 1 is 1.14 bits per heavy atom. The Bertz CT molecular complexity index is 972. The molecule has 1 aliphatic heterocycles. The third-order valence-corrected chi connectivity index (χ3v) is 5.53. The smallest absolute Gasteiger partial charge is 0.255 e. The lowest BCUT2D eigenvalue weighted by atomic mass is 9.97. The van der Waals surface area contributed by atoms with Gasteiger partial charge in [0.05, 0.1) is 5.56 Å². The molecule has 2 heterocycles. The van der Waals surface area contributed by atoms with E-state index in [9.17, 15) is 9.90 Å². The Kier molecular flexibility index (Phi) is 5.35. The van der Waals surface area contributed by atoms with E-state index < -0.39 is 0 Å². The third kappa shape index (κ3) is 3.50. The maximum Gasteiger partial charge on any atom is 0.255 e. The van der Waals surface area contributed by atoms with E-state index in [1.165, 1.54) is 12.8 Å². The van der Waals surface area contributed by atoms with Crippen molar-refractivity contribution in [3.63, 3.8) is 0 Å². The van der Waals surface area contributed by atoms with E-state index in [4.69, 9.17) is 4.42 Å². The summed E-state index contributed by atoms with van der Waals surface area (Å²) in [5.41, 5.74) is 2.77. The first-order valence-corrected chi connectivity index (χ1v) is 9.96. The lowest BCUT2D eigenvalue weighted by molar-refractivity contribution is 0.0964.